The second kappa shape index (κ2) is 7.19. The fourth-order valence-corrected chi connectivity index (χ4v) is 2.76. The summed E-state index contributed by atoms with van der Waals surface area (Å²) < 4.78 is 39.1. The molecule has 0 aliphatic carbocycles. The zero-order valence-corrected chi connectivity index (χ0v) is 13.8. The molecule has 3 rings (SSSR count). The van der Waals surface area contributed by atoms with Crippen LogP contribution in [0.3, 0.4) is 0 Å². The molecule has 3 heterocycles. The van der Waals surface area contributed by atoms with Gasteiger partial charge in [0.25, 0.3) is 5.56 Å². The Bertz CT molecular complexity index is 825. The first-order valence-electron chi connectivity index (χ1n) is 8.06. The zero-order chi connectivity index (χ0) is 18.7. The van der Waals surface area contributed by atoms with Crippen LogP contribution >= 0.6 is 0 Å². The van der Waals surface area contributed by atoms with Crippen LogP contribution in [0.15, 0.2) is 47.5 Å². The van der Waals surface area contributed by atoms with E-state index in [1.54, 1.807) is 23.2 Å². The Morgan fingerprint density at radius 2 is 1.81 bits per heavy atom. The number of piperazine rings is 1. The normalized spacial score (nSPS) is 15.2. The fourth-order valence-electron chi connectivity index (χ4n) is 2.76. The highest BCUT2D eigenvalue weighted by Gasteiger charge is 2.31. The van der Waals surface area contributed by atoms with Crippen molar-refractivity contribution in [2.45, 2.75) is 12.7 Å². The van der Waals surface area contributed by atoms with E-state index in [-0.39, 0.29) is 18.0 Å². The van der Waals surface area contributed by atoms with Crippen molar-refractivity contribution in [1.82, 2.24) is 14.5 Å². The topological polar surface area (TPSA) is 58.4 Å². The van der Waals surface area contributed by atoms with E-state index in [9.17, 15) is 22.8 Å². The minimum Gasteiger partial charge on any atom is -0.353 e. The number of anilines is 1. The standard InChI is InChI=1S/C17H17F3N4O2/c18-17(19,20)13-4-5-14(21-11-13)22-7-9-23(10-8-22)16(26)12-24-6-2-1-3-15(24)25/h1-6,11H,7-10,12H2. The number of alkyl halides is 3. The van der Waals surface area contributed by atoms with Gasteiger partial charge >= 0.3 is 6.18 Å². The zero-order valence-electron chi connectivity index (χ0n) is 13.8. The van der Waals surface area contributed by atoms with Crippen LogP contribution in [0.4, 0.5) is 19.0 Å². The van der Waals surface area contributed by atoms with E-state index in [2.05, 4.69) is 4.98 Å². The third-order valence-corrected chi connectivity index (χ3v) is 4.24. The molecule has 1 amide bonds. The Kier molecular flexibility index (Phi) is 4.97. The summed E-state index contributed by atoms with van der Waals surface area (Å²) >= 11 is 0. The molecule has 1 aliphatic rings. The molecule has 0 saturated carbocycles. The maximum Gasteiger partial charge on any atom is 0.417 e. The first kappa shape index (κ1) is 18.0. The van der Waals surface area contributed by atoms with Crippen LogP contribution in [-0.2, 0) is 17.5 Å². The van der Waals surface area contributed by atoms with Crippen LogP contribution in [0.5, 0.6) is 0 Å². The van der Waals surface area contributed by atoms with Gasteiger partial charge in [-0.25, -0.2) is 4.98 Å². The van der Waals surface area contributed by atoms with Gasteiger partial charge in [0.2, 0.25) is 5.91 Å². The molecule has 0 unspecified atom stereocenters. The molecule has 0 aromatic carbocycles. The molecule has 1 saturated heterocycles. The van der Waals surface area contributed by atoms with Gasteiger partial charge in [-0.1, -0.05) is 6.07 Å². The Morgan fingerprint density at radius 1 is 1.08 bits per heavy atom. The summed E-state index contributed by atoms with van der Waals surface area (Å²) in [7, 11) is 0. The maximum absolute atomic E-state index is 12.6. The van der Waals surface area contributed by atoms with E-state index >= 15 is 0 Å². The molecule has 9 heteroatoms. The number of carbonyl (C=O) groups excluding carboxylic acids is 1. The van der Waals surface area contributed by atoms with E-state index in [0.29, 0.717) is 32.0 Å². The summed E-state index contributed by atoms with van der Waals surface area (Å²) in [4.78, 5) is 31.3. The van der Waals surface area contributed by atoms with Crippen LogP contribution in [0.2, 0.25) is 0 Å². The van der Waals surface area contributed by atoms with Crippen LogP contribution in [0.25, 0.3) is 0 Å². The van der Waals surface area contributed by atoms with Crippen molar-refractivity contribution in [2.24, 2.45) is 0 Å². The number of amides is 1. The summed E-state index contributed by atoms with van der Waals surface area (Å²) in [6.07, 6.45) is -2.04. The molecule has 0 N–H and O–H groups in total. The lowest BCUT2D eigenvalue weighted by Crippen LogP contribution is -2.50. The third-order valence-electron chi connectivity index (χ3n) is 4.24. The molecule has 138 valence electrons. The molecule has 6 nitrogen and oxygen atoms in total. The smallest absolute Gasteiger partial charge is 0.353 e. The number of halogens is 3. The summed E-state index contributed by atoms with van der Waals surface area (Å²) in [6, 6.07) is 7.02. The molecule has 0 atom stereocenters. The monoisotopic (exact) mass is 366 g/mol. The van der Waals surface area contributed by atoms with Gasteiger partial charge in [0.05, 0.1) is 5.56 Å². The van der Waals surface area contributed by atoms with Crippen molar-refractivity contribution in [1.29, 1.82) is 0 Å². The fraction of sp³-hybridized carbons (Fsp3) is 0.353. The lowest BCUT2D eigenvalue weighted by atomic mass is 10.2. The third kappa shape index (κ3) is 4.04. The van der Waals surface area contributed by atoms with Gasteiger partial charge in [0, 0.05) is 44.6 Å². The molecule has 26 heavy (non-hydrogen) atoms. The first-order valence-corrected chi connectivity index (χ1v) is 8.06. The second-order valence-electron chi connectivity index (χ2n) is 5.94. The van der Waals surface area contributed by atoms with Crippen LogP contribution in [-0.4, -0.2) is 46.5 Å². The number of pyridine rings is 2. The molecule has 2 aromatic heterocycles. The van der Waals surface area contributed by atoms with E-state index in [1.807, 2.05) is 4.90 Å². The van der Waals surface area contributed by atoms with Crippen molar-refractivity contribution in [2.75, 3.05) is 31.1 Å². The SMILES string of the molecule is O=C(Cn1ccccc1=O)N1CCN(c2ccc(C(F)(F)F)cn2)CC1. The summed E-state index contributed by atoms with van der Waals surface area (Å²) in [6.45, 7) is 1.74. The van der Waals surface area contributed by atoms with Crippen molar-refractivity contribution in [3.63, 3.8) is 0 Å². The number of hydrogen-bond donors (Lipinski definition) is 0. The number of carbonyl (C=O) groups is 1. The van der Waals surface area contributed by atoms with Crippen molar-refractivity contribution in [3.8, 4) is 0 Å². The predicted octanol–water partition coefficient (Wildman–Crippen LogP) is 1.61. The average Bonchev–Trinajstić information content (AvgIpc) is 2.63. The number of hydrogen-bond acceptors (Lipinski definition) is 4. The molecular formula is C17H17F3N4O2. The van der Waals surface area contributed by atoms with Gasteiger partial charge < -0.3 is 14.4 Å². The van der Waals surface area contributed by atoms with Gasteiger partial charge in [-0.05, 0) is 18.2 Å². The largest absolute Gasteiger partial charge is 0.417 e. The van der Waals surface area contributed by atoms with E-state index in [1.165, 1.54) is 16.7 Å². The van der Waals surface area contributed by atoms with Crippen LogP contribution in [0, 0.1) is 0 Å². The highest BCUT2D eigenvalue weighted by atomic mass is 19.4. The molecule has 0 radical (unpaired) electrons. The Balaban J connectivity index is 1.58. The van der Waals surface area contributed by atoms with Crippen molar-refractivity contribution in [3.05, 3.63) is 58.6 Å². The van der Waals surface area contributed by atoms with E-state index in [4.69, 9.17) is 0 Å². The molecule has 0 spiro atoms. The highest BCUT2D eigenvalue weighted by molar-refractivity contribution is 5.76. The average molecular weight is 366 g/mol. The lowest BCUT2D eigenvalue weighted by molar-refractivity contribution is -0.138. The number of aromatic nitrogens is 2. The Labute approximate surface area is 147 Å². The van der Waals surface area contributed by atoms with E-state index < -0.39 is 11.7 Å². The summed E-state index contributed by atoms with van der Waals surface area (Å²) in [5.41, 5.74) is -1.03. The molecular weight excluding hydrogens is 349 g/mol. The van der Waals surface area contributed by atoms with Gasteiger partial charge in [-0.2, -0.15) is 13.2 Å². The molecule has 0 bridgehead atoms. The summed E-state index contributed by atoms with van der Waals surface area (Å²) in [5.74, 6) is 0.280. The van der Waals surface area contributed by atoms with Gasteiger partial charge in [0.15, 0.2) is 0 Å². The van der Waals surface area contributed by atoms with Gasteiger partial charge in [-0.15, -0.1) is 0 Å². The van der Waals surface area contributed by atoms with Crippen LogP contribution < -0.4 is 10.5 Å². The minimum atomic E-state index is -4.41. The van der Waals surface area contributed by atoms with Crippen LogP contribution in [0.1, 0.15) is 5.56 Å². The second-order valence-corrected chi connectivity index (χ2v) is 5.94. The molecule has 1 aliphatic heterocycles. The Hall–Kier alpha value is -2.84. The Morgan fingerprint density at radius 3 is 2.38 bits per heavy atom. The quantitative estimate of drug-likeness (QED) is 0.828. The van der Waals surface area contributed by atoms with Gasteiger partial charge in [-0.3, -0.25) is 9.59 Å². The number of nitrogens with zero attached hydrogens (tertiary/aromatic N) is 4. The first-order chi connectivity index (χ1) is 12.3. The van der Waals surface area contributed by atoms with Gasteiger partial charge in [0.1, 0.15) is 12.4 Å². The highest BCUT2D eigenvalue weighted by Crippen LogP contribution is 2.29. The molecule has 1 fully saturated rings. The van der Waals surface area contributed by atoms with Crippen molar-refractivity contribution < 1.29 is 18.0 Å². The summed E-state index contributed by atoms with van der Waals surface area (Å²) in [5, 5.41) is 0. The lowest BCUT2D eigenvalue weighted by Gasteiger charge is -2.35. The molecule has 2 aromatic rings. The maximum atomic E-state index is 12.6. The number of rotatable bonds is 3. The predicted molar refractivity (Wildman–Crippen MR) is 88.7 cm³/mol. The van der Waals surface area contributed by atoms with E-state index in [0.717, 1.165) is 12.3 Å². The minimum absolute atomic E-state index is 0.0296. The van der Waals surface area contributed by atoms with Crippen molar-refractivity contribution >= 4 is 11.7 Å².